The van der Waals surface area contributed by atoms with E-state index in [2.05, 4.69) is 21.2 Å². The quantitative estimate of drug-likeness (QED) is 0.881. The van der Waals surface area contributed by atoms with E-state index in [0.29, 0.717) is 11.3 Å². The van der Waals surface area contributed by atoms with Gasteiger partial charge in [0.05, 0.1) is 10.0 Å². The van der Waals surface area contributed by atoms with Crippen molar-refractivity contribution < 1.29 is 14.3 Å². The van der Waals surface area contributed by atoms with Crippen LogP contribution in [0.25, 0.3) is 0 Å². The van der Waals surface area contributed by atoms with Crippen molar-refractivity contribution in [2.24, 2.45) is 0 Å². The molecule has 0 saturated carbocycles. The highest BCUT2D eigenvalue weighted by Gasteiger charge is 2.14. The number of nitrogens with one attached hydrogen (secondary N) is 1. The molecule has 0 fully saturated rings. The van der Waals surface area contributed by atoms with Crippen LogP contribution in [-0.4, -0.2) is 11.0 Å². The second-order valence-corrected chi connectivity index (χ2v) is 4.80. The van der Waals surface area contributed by atoms with E-state index in [9.17, 15) is 14.3 Å². The minimum atomic E-state index is -0.500. The topological polar surface area (TPSA) is 49.3 Å². The normalized spacial score (nSPS) is 10.3. The fraction of sp³-hybridized carbons (Fsp3) is 0.0714. The predicted molar refractivity (Wildman–Crippen MR) is 74.9 cm³/mol. The van der Waals surface area contributed by atoms with Gasteiger partial charge in [-0.25, -0.2) is 4.39 Å². The highest BCUT2D eigenvalue weighted by atomic mass is 79.9. The molecule has 0 aromatic heterocycles. The van der Waals surface area contributed by atoms with E-state index in [1.807, 2.05) is 0 Å². The zero-order chi connectivity index (χ0) is 14.0. The largest absolute Gasteiger partial charge is 0.508 e. The summed E-state index contributed by atoms with van der Waals surface area (Å²) in [4.78, 5) is 12.1. The van der Waals surface area contributed by atoms with Gasteiger partial charge in [0.2, 0.25) is 0 Å². The molecule has 0 atom stereocenters. The number of aromatic hydroxyl groups is 1. The average molecular weight is 324 g/mol. The number of phenolic OH excluding ortho intramolecular Hbond substituents is 1. The predicted octanol–water partition coefficient (Wildman–Crippen LogP) is 3.85. The van der Waals surface area contributed by atoms with Crippen molar-refractivity contribution >= 4 is 27.5 Å². The zero-order valence-corrected chi connectivity index (χ0v) is 11.7. The van der Waals surface area contributed by atoms with E-state index in [1.54, 1.807) is 19.1 Å². The third kappa shape index (κ3) is 2.76. The third-order valence-electron chi connectivity index (χ3n) is 2.75. The molecule has 0 aliphatic carbocycles. The number of halogens is 2. The Labute approximate surface area is 118 Å². The Balaban J connectivity index is 2.31. The molecule has 0 aliphatic heterocycles. The SMILES string of the molecule is Cc1c(O)cccc1NC(=O)c1cccc(F)c1Br. The smallest absolute Gasteiger partial charge is 0.256 e. The van der Waals surface area contributed by atoms with E-state index in [-0.39, 0.29) is 15.8 Å². The molecule has 3 nitrogen and oxygen atoms in total. The van der Waals surface area contributed by atoms with Crippen LogP contribution in [0, 0.1) is 12.7 Å². The monoisotopic (exact) mass is 323 g/mol. The minimum Gasteiger partial charge on any atom is -0.508 e. The zero-order valence-electron chi connectivity index (χ0n) is 10.1. The Morgan fingerprint density at radius 1 is 1.26 bits per heavy atom. The number of carbonyl (C=O) groups excluding carboxylic acids is 1. The Morgan fingerprint density at radius 3 is 2.68 bits per heavy atom. The van der Waals surface area contributed by atoms with E-state index >= 15 is 0 Å². The Morgan fingerprint density at radius 2 is 1.95 bits per heavy atom. The molecule has 5 heteroatoms. The fourth-order valence-corrected chi connectivity index (χ4v) is 2.07. The lowest BCUT2D eigenvalue weighted by Gasteiger charge is -2.10. The molecule has 0 heterocycles. The van der Waals surface area contributed by atoms with Crippen LogP contribution < -0.4 is 5.32 Å². The second-order valence-electron chi connectivity index (χ2n) is 4.01. The van der Waals surface area contributed by atoms with Crippen LogP contribution in [0.2, 0.25) is 0 Å². The molecular weight excluding hydrogens is 313 g/mol. The van der Waals surface area contributed by atoms with Gasteiger partial charge in [-0.15, -0.1) is 0 Å². The van der Waals surface area contributed by atoms with Gasteiger partial charge in [-0.3, -0.25) is 4.79 Å². The molecule has 1 amide bonds. The number of phenols is 1. The summed E-state index contributed by atoms with van der Waals surface area (Å²) in [5.41, 5.74) is 1.24. The lowest BCUT2D eigenvalue weighted by Crippen LogP contribution is -2.13. The van der Waals surface area contributed by atoms with Crippen molar-refractivity contribution in [2.45, 2.75) is 6.92 Å². The van der Waals surface area contributed by atoms with Gasteiger partial charge >= 0.3 is 0 Å². The first-order valence-electron chi connectivity index (χ1n) is 5.54. The van der Waals surface area contributed by atoms with Crippen molar-refractivity contribution in [2.75, 3.05) is 5.32 Å². The molecule has 2 N–H and O–H groups in total. The first-order chi connectivity index (χ1) is 9.00. The van der Waals surface area contributed by atoms with Crippen LogP contribution in [0.4, 0.5) is 10.1 Å². The third-order valence-corrected chi connectivity index (χ3v) is 3.56. The van der Waals surface area contributed by atoms with E-state index in [4.69, 9.17) is 0 Å². The Hall–Kier alpha value is -1.88. The summed E-state index contributed by atoms with van der Waals surface area (Å²) < 4.78 is 13.5. The number of carbonyl (C=O) groups is 1. The molecular formula is C14H11BrFNO2. The molecule has 19 heavy (non-hydrogen) atoms. The number of anilines is 1. The first-order valence-corrected chi connectivity index (χ1v) is 6.34. The van der Waals surface area contributed by atoms with Crippen molar-refractivity contribution in [1.29, 1.82) is 0 Å². The lowest BCUT2D eigenvalue weighted by atomic mass is 10.1. The molecule has 2 rings (SSSR count). The van der Waals surface area contributed by atoms with Crippen LogP contribution in [0.5, 0.6) is 5.75 Å². The Kier molecular flexibility index (Phi) is 3.85. The van der Waals surface area contributed by atoms with E-state index < -0.39 is 11.7 Å². The number of hydrogen-bond acceptors (Lipinski definition) is 2. The van der Waals surface area contributed by atoms with Crippen LogP contribution in [0.1, 0.15) is 15.9 Å². The molecule has 0 saturated heterocycles. The molecule has 2 aromatic carbocycles. The molecule has 0 bridgehead atoms. The standard InChI is InChI=1S/C14H11BrFNO2/c1-8-11(6-3-7-12(8)18)17-14(19)9-4-2-5-10(16)13(9)15/h2-7,18H,1H3,(H,17,19). The molecule has 98 valence electrons. The summed E-state index contributed by atoms with van der Waals surface area (Å²) in [5, 5.41) is 12.2. The van der Waals surface area contributed by atoms with Crippen molar-refractivity contribution in [3.63, 3.8) is 0 Å². The number of amides is 1. The van der Waals surface area contributed by atoms with Gasteiger partial charge < -0.3 is 10.4 Å². The van der Waals surface area contributed by atoms with Crippen LogP contribution in [-0.2, 0) is 0 Å². The van der Waals surface area contributed by atoms with Crippen molar-refractivity contribution in [3.05, 3.63) is 57.8 Å². The van der Waals surface area contributed by atoms with Gasteiger partial charge in [0.1, 0.15) is 11.6 Å². The van der Waals surface area contributed by atoms with Crippen molar-refractivity contribution in [1.82, 2.24) is 0 Å². The second kappa shape index (κ2) is 5.40. The van der Waals surface area contributed by atoms with Gasteiger partial charge in [0.15, 0.2) is 0 Å². The van der Waals surface area contributed by atoms with Crippen LogP contribution >= 0.6 is 15.9 Å². The maximum absolute atomic E-state index is 13.4. The van der Waals surface area contributed by atoms with Gasteiger partial charge in [-0.05, 0) is 47.1 Å². The maximum atomic E-state index is 13.4. The summed E-state index contributed by atoms with van der Waals surface area (Å²) in [6, 6.07) is 9.06. The minimum absolute atomic E-state index is 0.0936. The summed E-state index contributed by atoms with van der Waals surface area (Å²) in [6.07, 6.45) is 0. The average Bonchev–Trinajstić information content (AvgIpc) is 2.38. The summed E-state index contributed by atoms with van der Waals surface area (Å²) in [6.45, 7) is 1.69. The van der Waals surface area contributed by atoms with E-state index in [1.165, 1.54) is 24.3 Å². The van der Waals surface area contributed by atoms with E-state index in [0.717, 1.165) is 0 Å². The lowest BCUT2D eigenvalue weighted by molar-refractivity contribution is 0.102. The van der Waals surface area contributed by atoms with Gasteiger partial charge in [0.25, 0.3) is 5.91 Å². The molecule has 0 aliphatic rings. The summed E-state index contributed by atoms with van der Waals surface area (Å²) >= 11 is 3.04. The van der Waals surface area contributed by atoms with Crippen LogP contribution in [0.15, 0.2) is 40.9 Å². The van der Waals surface area contributed by atoms with Gasteiger partial charge in [0, 0.05) is 11.3 Å². The van der Waals surface area contributed by atoms with Crippen LogP contribution in [0.3, 0.4) is 0 Å². The number of rotatable bonds is 2. The highest BCUT2D eigenvalue weighted by Crippen LogP contribution is 2.26. The summed E-state index contributed by atoms with van der Waals surface area (Å²) in [7, 11) is 0. The highest BCUT2D eigenvalue weighted by molar-refractivity contribution is 9.10. The van der Waals surface area contributed by atoms with Gasteiger partial charge in [-0.1, -0.05) is 12.1 Å². The van der Waals surface area contributed by atoms with Crippen molar-refractivity contribution in [3.8, 4) is 5.75 Å². The number of hydrogen-bond donors (Lipinski definition) is 2. The maximum Gasteiger partial charge on any atom is 0.256 e. The molecule has 0 spiro atoms. The summed E-state index contributed by atoms with van der Waals surface area (Å²) in [5.74, 6) is -0.850. The first kappa shape index (κ1) is 13.5. The fourth-order valence-electron chi connectivity index (χ4n) is 1.63. The number of benzene rings is 2. The molecule has 0 radical (unpaired) electrons. The molecule has 2 aromatic rings. The molecule has 0 unspecified atom stereocenters. The Bertz CT molecular complexity index is 643. The van der Waals surface area contributed by atoms with Gasteiger partial charge in [-0.2, -0.15) is 0 Å².